The first kappa shape index (κ1) is 13.9. The van der Waals surface area contributed by atoms with Crippen LogP contribution in [0.15, 0.2) is 0 Å². The maximum absolute atomic E-state index is 6.11. The number of nitrogens with two attached hydrogens (primary N) is 1. The van der Waals surface area contributed by atoms with Gasteiger partial charge in [0.1, 0.15) is 0 Å². The highest BCUT2D eigenvalue weighted by Crippen LogP contribution is 2.20. The molecule has 0 amide bonds. The summed E-state index contributed by atoms with van der Waals surface area (Å²) < 4.78 is 5.37. The van der Waals surface area contributed by atoms with E-state index in [4.69, 9.17) is 10.5 Å². The molecule has 0 aliphatic heterocycles. The van der Waals surface area contributed by atoms with Crippen molar-refractivity contribution in [3.8, 4) is 0 Å². The fraction of sp³-hybridized carbons (Fsp3) is 1.00. The number of ether oxygens (including phenoxy) is 1. The molecule has 0 heterocycles. The smallest absolute Gasteiger partial charge is 0.0623 e. The summed E-state index contributed by atoms with van der Waals surface area (Å²) in [5, 5.41) is 0. The van der Waals surface area contributed by atoms with Crippen LogP contribution in [0, 0.1) is 5.92 Å². The molecule has 0 saturated carbocycles. The molecule has 0 bridgehead atoms. The van der Waals surface area contributed by atoms with Crippen molar-refractivity contribution < 1.29 is 4.74 Å². The predicted molar refractivity (Wildman–Crippen MR) is 62.4 cm³/mol. The second-order valence-electron chi connectivity index (χ2n) is 4.93. The van der Waals surface area contributed by atoms with E-state index in [0.717, 1.165) is 12.8 Å². The summed E-state index contributed by atoms with van der Waals surface area (Å²) in [6.07, 6.45) is 4.55. The van der Waals surface area contributed by atoms with E-state index in [9.17, 15) is 0 Å². The van der Waals surface area contributed by atoms with E-state index in [2.05, 4.69) is 27.7 Å². The molecule has 0 aromatic heterocycles. The van der Waals surface area contributed by atoms with Crippen molar-refractivity contribution >= 4 is 0 Å². The third-order valence-corrected chi connectivity index (χ3v) is 3.11. The minimum atomic E-state index is -0.0243. The molecule has 0 aliphatic carbocycles. The number of hydrogen-bond donors (Lipinski definition) is 1. The van der Waals surface area contributed by atoms with Gasteiger partial charge in [-0.15, -0.1) is 0 Å². The molecule has 0 aliphatic rings. The molecule has 2 unspecified atom stereocenters. The zero-order valence-electron chi connectivity index (χ0n) is 10.5. The van der Waals surface area contributed by atoms with Crippen LogP contribution < -0.4 is 5.73 Å². The molecule has 0 aromatic carbocycles. The van der Waals surface area contributed by atoms with Crippen LogP contribution in [-0.2, 0) is 4.74 Å². The molecule has 0 rings (SSSR count). The minimum Gasteiger partial charge on any atom is -0.379 e. The SMILES string of the molecule is CCCC(C)C(N)CCC(C)(C)OC. The highest BCUT2D eigenvalue weighted by molar-refractivity contribution is 4.75. The average Bonchev–Trinajstić information content (AvgIpc) is 2.15. The molecule has 2 atom stereocenters. The Balaban J connectivity index is 3.77. The summed E-state index contributed by atoms with van der Waals surface area (Å²) in [5.41, 5.74) is 6.09. The van der Waals surface area contributed by atoms with Crippen LogP contribution in [0.2, 0.25) is 0 Å². The van der Waals surface area contributed by atoms with Gasteiger partial charge in [-0.1, -0.05) is 20.3 Å². The van der Waals surface area contributed by atoms with Gasteiger partial charge in [-0.25, -0.2) is 0 Å². The molecular weight excluding hydrogens is 174 g/mol. The molecule has 2 heteroatoms. The summed E-state index contributed by atoms with van der Waals surface area (Å²) in [7, 11) is 1.76. The second kappa shape index (κ2) is 6.41. The Kier molecular flexibility index (Phi) is 6.38. The van der Waals surface area contributed by atoms with Crippen LogP contribution in [0.5, 0.6) is 0 Å². The monoisotopic (exact) mass is 201 g/mol. The number of rotatable bonds is 7. The zero-order valence-corrected chi connectivity index (χ0v) is 10.5. The van der Waals surface area contributed by atoms with E-state index in [1.165, 1.54) is 12.8 Å². The van der Waals surface area contributed by atoms with Crippen LogP contribution >= 0.6 is 0 Å². The van der Waals surface area contributed by atoms with Gasteiger partial charge in [-0.3, -0.25) is 0 Å². The van der Waals surface area contributed by atoms with E-state index >= 15 is 0 Å². The molecule has 86 valence electrons. The summed E-state index contributed by atoms with van der Waals surface area (Å²) >= 11 is 0. The summed E-state index contributed by atoms with van der Waals surface area (Å²) in [6, 6.07) is 0.323. The van der Waals surface area contributed by atoms with Gasteiger partial charge in [-0.2, -0.15) is 0 Å². The fourth-order valence-corrected chi connectivity index (χ4v) is 1.57. The minimum absolute atomic E-state index is 0.0243. The lowest BCUT2D eigenvalue weighted by atomic mass is 9.90. The van der Waals surface area contributed by atoms with Gasteiger partial charge in [0.2, 0.25) is 0 Å². The van der Waals surface area contributed by atoms with Crippen LogP contribution in [0.25, 0.3) is 0 Å². The molecule has 2 N–H and O–H groups in total. The molecule has 14 heavy (non-hydrogen) atoms. The van der Waals surface area contributed by atoms with Crippen molar-refractivity contribution in [1.82, 2.24) is 0 Å². The fourth-order valence-electron chi connectivity index (χ4n) is 1.57. The van der Waals surface area contributed by atoms with Crippen LogP contribution in [0.4, 0.5) is 0 Å². The van der Waals surface area contributed by atoms with Gasteiger partial charge in [-0.05, 0) is 39.0 Å². The van der Waals surface area contributed by atoms with Crippen LogP contribution in [-0.4, -0.2) is 18.8 Å². The van der Waals surface area contributed by atoms with Gasteiger partial charge in [0.15, 0.2) is 0 Å². The zero-order chi connectivity index (χ0) is 11.2. The maximum atomic E-state index is 6.11. The Bertz CT molecular complexity index is 145. The molecule has 0 aromatic rings. The Hall–Kier alpha value is -0.0800. The number of methoxy groups -OCH3 is 1. The Morgan fingerprint density at radius 3 is 2.29 bits per heavy atom. The summed E-state index contributed by atoms with van der Waals surface area (Å²) in [6.45, 7) is 8.69. The van der Waals surface area contributed by atoms with Crippen molar-refractivity contribution in [2.45, 2.75) is 65.0 Å². The largest absolute Gasteiger partial charge is 0.379 e. The molecule has 0 spiro atoms. The van der Waals surface area contributed by atoms with E-state index in [1.807, 2.05) is 0 Å². The highest BCUT2D eigenvalue weighted by atomic mass is 16.5. The van der Waals surface area contributed by atoms with Gasteiger partial charge >= 0.3 is 0 Å². The van der Waals surface area contributed by atoms with Gasteiger partial charge < -0.3 is 10.5 Å². The van der Waals surface area contributed by atoms with Crippen molar-refractivity contribution in [1.29, 1.82) is 0 Å². The van der Waals surface area contributed by atoms with Crippen LogP contribution in [0.1, 0.15) is 53.4 Å². The maximum Gasteiger partial charge on any atom is 0.0623 e. The van der Waals surface area contributed by atoms with Crippen molar-refractivity contribution in [2.24, 2.45) is 11.7 Å². The van der Waals surface area contributed by atoms with Gasteiger partial charge in [0, 0.05) is 13.2 Å². The van der Waals surface area contributed by atoms with Gasteiger partial charge in [0.05, 0.1) is 5.60 Å². The summed E-state index contributed by atoms with van der Waals surface area (Å²) in [5.74, 6) is 0.632. The standard InChI is InChI=1S/C12H27NO/c1-6-7-10(2)11(13)8-9-12(3,4)14-5/h10-11H,6-9,13H2,1-5H3. The first-order valence-corrected chi connectivity index (χ1v) is 5.73. The topological polar surface area (TPSA) is 35.2 Å². The normalized spacial score (nSPS) is 16.7. The Morgan fingerprint density at radius 2 is 1.86 bits per heavy atom. The third kappa shape index (κ3) is 5.61. The Morgan fingerprint density at radius 1 is 1.29 bits per heavy atom. The average molecular weight is 201 g/mol. The quantitative estimate of drug-likeness (QED) is 0.687. The lowest BCUT2D eigenvalue weighted by Crippen LogP contribution is -2.32. The third-order valence-electron chi connectivity index (χ3n) is 3.11. The van der Waals surface area contributed by atoms with Crippen LogP contribution in [0.3, 0.4) is 0 Å². The van der Waals surface area contributed by atoms with E-state index in [0.29, 0.717) is 12.0 Å². The first-order chi connectivity index (χ1) is 6.43. The lowest BCUT2D eigenvalue weighted by molar-refractivity contribution is 0.0114. The molecular formula is C12H27NO. The summed E-state index contributed by atoms with van der Waals surface area (Å²) in [4.78, 5) is 0. The molecule has 2 nitrogen and oxygen atoms in total. The first-order valence-electron chi connectivity index (χ1n) is 5.73. The molecule has 0 fully saturated rings. The van der Waals surface area contributed by atoms with Crippen molar-refractivity contribution in [3.05, 3.63) is 0 Å². The van der Waals surface area contributed by atoms with Crippen molar-refractivity contribution in [2.75, 3.05) is 7.11 Å². The van der Waals surface area contributed by atoms with E-state index in [1.54, 1.807) is 7.11 Å². The second-order valence-corrected chi connectivity index (χ2v) is 4.93. The van der Waals surface area contributed by atoms with Gasteiger partial charge in [0.25, 0.3) is 0 Å². The predicted octanol–water partition coefficient (Wildman–Crippen LogP) is 2.96. The molecule has 0 saturated heterocycles. The number of hydrogen-bond acceptors (Lipinski definition) is 2. The Labute approximate surface area is 89.2 Å². The van der Waals surface area contributed by atoms with E-state index in [-0.39, 0.29) is 5.60 Å². The van der Waals surface area contributed by atoms with E-state index < -0.39 is 0 Å². The lowest BCUT2D eigenvalue weighted by Gasteiger charge is -2.26. The highest BCUT2D eigenvalue weighted by Gasteiger charge is 2.19. The molecule has 0 radical (unpaired) electrons. The van der Waals surface area contributed by atoms with Crippen molar-refractivity contribution in [3.63, 3.8) is 0 Å².